The van der Waals surface area contributed by atoms with Gasteiger partial charge in [0, 0.05) is 6.92 Å². The Labute approximate surface area is 165 Å². The third-order valence-corrected chi connectivity index (χ3v) is 4.93. The van der Waals surface area contributed by atoms with Gasteiger partial charge in [-0.3, -0.25) is 14.5 Å². The summed E-state index contributed by atoms with van der Waals surface area (Å²) in [5, 5.41) is 9.70. The Kier molecular flexibility index (Phi) is 4.79. The lowest BCUT2D eigenvalue weighted by Gasteiger charge is -2.49. The fourth-order valence-electron chi connectivity index (χ4n) is 3.48. The number of esters is 1. The molecule has 0 unspecified atom stereocenters. The first-order valence-corrected chi connectivity index (χ1v) is 9.08. The van der Waals surface area contributed by atoms with Gasteiger partial charge in [-0.2, -0.15) is 4.99 Å². The van der Waals surface area contributed by atoms with Crippen LogP contribution in [0.15, 0.2) is 29.5 Å². The van der Waals surface area contributed by atoms with Gasteiger partial charge in [0.15, 0.2) is 11.9 Å². The maximum Gasteiger partial charge on any atom is 0.304 e. The predicted molar refractivity (Wildman–Crippen MR) is 98.4 cm³/mol. The van der Waals surface area contributed by atoms with Gasteiger partial charge in [-0.15, -0.1) is 0 Å². The number of halogens is 3. The van der Waals surface area contributed by atoms with E-state index in [2.05, 4.69) is 27.5 Å². The number of amides is 1. The van der Waals surface area contributed by atoms with Crippen molar-refractivity contribution in [2.24, 2.45) is 4.99 Å². The van der Waals surface area contributed by atoms with E-state index in [4.69, 9.17) is 39.5 Å². The van der Waals surface area contributed by atoms with Gasteiger partial charge in [-0.05, 0) is 18.6 Å². The van der Waals surface area contributed by atoms with Gasteiger partial charge >= 0.3 is 11.9 Å². The Morgan fingerprint density at radius 3 is 2.69 bits per heavy atom. The zero-order valence-electron chi connectivity index (χ0n) is 14.1. The van der Waals surface area contributed by atoms with Crippen molar-refractivity contribution in [3.8, 4) is 0 Å². The fourth-order valence-corrected chi connectivity index (χ4v) is 3.61. The van der Waals surface area contributed by atoms with Crippen molar-refractivity contribution < 1.29 is 14.3 Å². The van der Waals surface area contributed by atoms with Gasteiger partial charge in [-0.1, -0.05) is 48.3 Å². The largest absolute Gasteiger partial charge is 0.438 e. The summed E-state index contributed by atoms with van der Waals surface area (Å²) in [7, 11) is 0. The van der Waals surface area contributed by atoms with Gasteiger partial charge in [0.2, 0.25) is 5.96 Å². The molecule has 1 amide bonds. The smallest absolute Gasteiger partial charge is 0.304 e. The molecule has 0 aromatic heterocycles. The monoisotopic (exact) mass is 421 g/mol. The summed E-state index contributed by atoms with van der Waals surface area (Å²) >= 11 is 17.0. The van der Waals surface area contributed by atoms with Crippen LogP contribution in [0.1, 0.15) is 20.3 Å². The number of carbonyl (C=O) groups is 2. The molecule has 142 valence electrons. The van der Waals surface area contributed by atoms with E-state index in [1.165, 1.54) is 6.92 Å². The zero-order chi connectivity index (χ0) is 19.3. The Morgan fingerprint density at radius 1 is 1.42 bits per heavy atom. The first-order chi connectivity index (χ1) is 12.1. The minimum Gasteiger partial charge on any atom is -0.438 e. The predicted octanol–water partition coefficient (Wildman–Crippen LogP) is 1.11. The number of carbonyl (C=O) groups excluding carboxylic acids is 2. The van der Waals surface area contributed by atoms with Crippen LogP contribution in [0.25, 0.3) is 0 Å². The second-order valence-corrected chi connectivity index (χ2v) is 8.46. The normalized spacial score (nSPS) is 33.9. The molecule has 0 aromatic carbocycles. The summed E-state index contributed by atoms with van der Waals surface area (Å²) in [5.41, 5.74) is -0.824. The number of rotatable bonds is 2. The van der Waals surface area contributed by atoms with Crippen LogP contribution in [-0.4, -0.2) is 50.5 Å². The first kappa shape index (κ1) is 19.1. The fraction of sp³-hybridized carbons (Fsp3) is 0.533. The van der Waals surface area contributed by atoms with E-state index in [1.54, 1.807) is 11.0 Å². The van der Waals surface area contributed by atoms with E-state index in [0.717, 1.165) is 6.42 Å². The summed E-state index contributed by atoms with van der Waals surface area (Å²) in [6.07, 6.45) is 3.49. The molecule has 0 aliphatic carbocycles. The maximum atomic E-state index is 12.2. The second kappa shape index (κ2) is 6.51. The molecule has 2 saturated heterocycles. The van der Waals surface area contributed by atoms with Gasteiger partial charge in [0.1, 0.15) is 0 Å². The van der Waals surface area contributed by atoms with Gasteiger partial charge in [-0.25, -0.2) is 0 Å². The van der Waals surface area contributed by atoms with Gasteiger partial charge in [0.05, 0.1) is 17.9 Å². The van der Waals surface area contributed by atoms with Crippen molar-refractivity contribution in [1.29, 1.82) is 0 Å². The lowest BCUT2D eigenvalue weighted by Crippen LogP contribution is -2.75. The number of hydrogen-bond acceptors (Lipinski definition) is 5. The summed E-state index contributed by atoms with van der Waals surface area (Å²) in [6, 6.07) is -0.265. The highest BCUT2D eigenvalue weighted by atomic mass is 35.6. The standard InChI is InChI=1S/C15H18Cl3N5O3/c1-4-9-11-14(22-7(2)19-11)6-5-10(26-8(3)24)23(14)13(20-9)21-12(25)15(16,17)18/h5-6,9-11,19,22H,2,4H2,1,3H3,(H,20,21,25)/t9-,10+,11-,14+/m0/s1. The molecule has 0 aromatic rings. The Balaban J connectivity index is 2.07. The van der Waals surface area contributed by atoms with Crippen LogP contribution >= 0.6 is 34.8 Å². The molecule has 0 radical (unpaired) electrons. The highest BCUT2D eigenvalue weighted by molar-refractivity contribution is 6.76. The molecule has 3 heterocycles. The van der Waals surface area contributed by atoms with Crippen LogP contribution in [0.3, 0.4) is 0 Å². The van der Waals surface area contributed by atoms with Crippen LogP contribution in [0.5, 0.6) is 0 Å². The number of nitrogens with one attached hydrogen (secondary N) is 3. The van der Waals surface area contributed by atoms with Crippen LogP contribution in [0.4, 0.5) is 0 Å². The van der Waals surface area contributed by atoms with Crippen LogP contribution in [0, 0.1) is 0 Å². The van der Waals surface area contributed by atoms with Crippen molar-refractivity contribution in [2.45, 2.75) is 48.0 Å². The molecule has 8 nitrogen and oxygen atoms in total. The lowest BCUT2D eigenvalue weighted by atomic mass is 9.90. The van der Waals surface area contributed by atoms with Crippen LogP contribution in [-0.2, 0) is 14.3 Å². The van der Waals surface area contributed by atoms with E-state index in [9.17, 15) is 9.59 Å². The van der Waals surface area contributed by atoms with Gasteiger partial charge < -0.3 is 20.7 Å². The molecule has 26 heavy (non-hydrogen) atoms. The maximum absolute atomic E-state index is 12.2. The molecule has 11 heteroatoms. The average Bonchev–Trinajstić information content (AvgIpc) is 3.04. The summed E-state index contributed by atoms with van der Waals surface area (Å²) in [6.45, 7) is 7.21. The lowest BCUT2D eigenvalue weighted by molar-refractivity contribution is -0.151. The third-order valence-electron chi connectivity index (χ3n) is 4.44. The SMILES string of the molecule is C=C1N[C@H]2[C@H](CC)N/C(=N\C(=O)C(Cl)(Cl)Cl)N3[C@H](OC(C)=O)C=C[C@]23N1. The van der Waals surface area contributed by atoms with Crippen molar-refractivity contribution in [3.05, 3.63) is 24.6 Å². The van der Waals surface area contributed by atoms with Crippen molar-refractivity contribution >= 4 is 52.6 Å². The highest BCUT2D eigenvalue weighted by Gasteiger charge is 2.60. The number of ether oxygens (including phenoxy) is 1. The molecule has 2 fully saturated rings. The van der Waals surface area contributed by atoms with E-state index in [-0.39, 0.29) is 18.0 Å². The average molecular weight is 423 g/mol. The van der Waals surface area contributed by atoms with E-state index >= 15 is 0 Å². The number of hydrogen-bond donors (Lipinski definition) is 3. The quantitative estimate of drug-likeness (QED) is 0.348. The van der Waals surface area contributed by atoms with Crippen LogP contribution in [0.2, 0.25) is 0 Å². The highest BCUT2D eigenvalue weighted by Crippen LogP contribution is 2.39. The molecular formula is C15H18Cl3N5O3. The first-order valence-electron chi connectivity index (χ1n) is 7.94. The summed E-state index contributed by atoms with van der Waals surface area (Å²) < 4.78 is 3.16. The third kappa shape index (κ3) is 3.10. The molecule has 1 spiro atoms. The number of guanidine groups is 1. The molecule has 3 rings (SSSR count). The van der Waals surface area contributed by atoms with E-state index < -0.39 is 27.6 Å². The summed E-state index contributed by atoms with van der Waals surface area (Å²) in [4.78, 5) is 29.3. The minimum atomic E-state index is -2.20. The number of alkyl halides is 3. The Morgan fingerprint density at radius 2 is 2.12 bits per heavy atom. The second-order valence-electron chi connectivity index (χ2n) is 6.18. The Hall–Kier alpha value is -1.64. The van der Waals surface area contributed by atoms with Crippen molar-refractivity contribution in [2.75, 3.05) is 0 Å². The number of nitrogens with zero attached hydrogens (tertiary/aromatic N) is 2. The van der Waals surface area contributed by atoms with Crippen molar-refractivity contribution in [3.63, 3.8) is 0 Å². The molecular weight excluding hydrogens is 405 g/mol. The summed E-state index contributed by atoms with van der Waals surface area (Å²) in [5.74, 6) is -0.693. The molecule has 0 bridgehead atoms. The minimum absolute atomic E-state index is 0.111. The number of aliphatic imine (C=N–C) groups is 1. The zero-order valence-corrected chi connectivity index (χ0v) is 16.3. The molecule has 3 N–H and O–H groups in total. The Bertz CT molecular complexity index is 720. The van der Waals surface area contributed by atoms with E-state index in [0.29, 0.717) is 5.82 Å². The molecule has 4 atom stereocenters. The van der Waals surface area contributed by atoms with Crippen LogP contribution < -0.4 is 16.0 Å². The molecule has 0 saturated carbocycles. The van der Waals surface area contributed by atoms with E-state index in [1.807, 2.05) is 13.0 Å². The van der Waals surface area contributed by atoms with Crippen molar-refractivity contribution in [1.82, 2.24) is 20.9 Å². The molecule has 3 aliphatic rings. The molecule has 3 aliphatic heterocycles. The van der Waals surface area contributed by atoms with Gasteiger partial charge in [0.25, 0.3) is 3.79 Å². The topological polar surface area (TPSA) is 95.1 Å².